The van der Waals surface area contributed by atoms with E-state index in [9.17, 15) is 0 Å². The molecule has 1 aliphatic rings. The normalized spacial score (nSPS) is 18.4. The fourth-order valence-electron chi connectivity index (χ4n) is 3.83. The third-order valence-corrected chi connectivity index (χ3v) is 5.86. The first-order chi connectivity index (χ1) is 14.5. The number of pyridine rings is 3. The van der Waals surface area contributed by atoms with Gasteiger partial charge in [0.15, 0.2) is 10.7 Å². The van der Waals surface area contributed by atoms with Crippen molar-refractivity contribution in [2.45, 2.75) is 6.92 Å². The van der Waals surface area contributed by atoms with Gasteiger partial charge in [0.1, 0.15) is 6.20 Å². The Hall–Kier alpha value is -3.35. The Morgan fingerprint density at radius 1 is 0.833 bits per heavy atom. The number of hydrogen-bond acceptors (Lipinski definition) is 5. The van der Waals surface area contributed by atoms with Crippen molar-refractivity contribution in [2.24, 2.45) is 4.99 Å². The summed E-state index contributed by atoms with van der Waals surface area (Å²) in [4.78, 5) is 17.7. The van der Waals surface area contributed by atoms with E-state index in [-0.39, 0.29) is 0 Å². The Morgan fingerprint density at radius 2 is 1.67 bits per heavy atom. The van der Waals surface area contributed by atoms with Gasteiger partial charge in [-0.15, -0.1) is 12.6 Å². The van der Waals surface area contributed by atoms with E-state index in [4.69, 9.17) is 0 Å². The number of aromatic nitrogens is 3. The number of thiol groups is 1. The van der Waals surface area contributed by atoms with Gasteiger partial charge < -0.3 is 0 Å². The van der Waals surface area contributed by atoms with Gasteiger partial charge in [0.25, 0.3) is 0 Å². The zero-order valence-corrected chi connectivity index (χ0v) is 17.6. The van der Waals surface area contributed by atoms with Gasteiger partial charge in [-0.2, -0.15) is 4.99 Å². The minimum absolute atomic E-state index is 0.469. The predicted octanol–water partition coefficient (Wildman–Crippen LogP) is 5.46. The summed E-state index contributed by atoms with van der Waals surface area (Å²) in [6, 6.07) is 14.6. The fourth-order valence-corrected chi connectivity index (χ4v) is 4.21. The summed E-state index contributed by atoms with van der Waals surface area (Å²) in [7, 11) is 2.09. The predicted molar refractivity (Wildman–Crippen MR) is 126 cm³/mol. The van der Waals surface area contributed by atoms with Crippen LogP contribution in [0.25, 0.3) is 33.2 Å². The van der Waals surface area contributed by atoms with Crippen LogP contribution < -0.4 is 4.48 Å². The molecule has 0 saturated carbocycles. The molecule has 146 valence electrons. The Bertz CT molecular complexity index is 1330. The molecule has 1 aromatic carbocycles. The van der Waals surface area contributed by atoms with Crippen molar-refractivity contribution in [3.05, 3.63) is 84.7 Å². The van der Waals surface area contributed by atoms with Crippen LogP contribution in [-0.2, 0) is 0 Å². The van der Waals surface area contributed by atoms with E-state index in [0.717, 1.165) is 49.7 Å². The van der Waals surface area contributed by atoms with Gasteiger partial charge in [-0.05, 0) is 47.0 Å². The zero-order valence-electron chi connectivity index (χ0n) is 16.7. The average Bonchev–Trinajstić information content (AvgIpc) is 3.06. The van der Waals surface area contributed by atoms with Crippen LogP contribution in [0.1, 0.15) is 6.92 Å². The third-order valence-electron chi connectivity index (χ3n) is 5.65. The van der Waals surface area contributed by atoms with Gasteiger partial charge in [0, 0.05) is 48.7 Å². The molecular weight excluding hydrogens is 390 g/mol. The van der Waals surface area contributed by atoms with Crippen molar-refractivity contribution in [3.8, 4) is 22.3 Å². The number of aliphatic imine (C=N–C) groups is 1. The van der Waals surface area contributed by atoms with Crippen molar-refractivity contribution in [2.75, 3.05) is 7.05 Å². The standard InChI is InChI=1S/C24H19N5S/c1-16-28-24(30)15-29(16,2)20-11-19(13-26-14-20)18-3-4-23-22(12-18)21(7-10-27-23)17-5-8-25-9-6-17/h3-15H,1-2H3/p+1. The lowest BCUT2D eigenvalue weighted by atomic mass is 9.98. The topological polar surface area (TPSA) is 51.0 Å². The maximum absolute atomic E-state index is 4.55. The van der Waals surface area contributed by atoms with Crippen LogP contribution >= 0.6 is 12.6 Å². The molecule has 5 rings (SSSR count). The zero-order chi connectivity index (χ0) is 20.7. The summed E-state index contributed by atoms with van der Waals surface area (Å²) >= 11 is 4.42. The van der Waals surface area contributed by atoms with Gasteiger partial charge >= 0.3 is 0 Å². The van der Waals surface area contributed by atoms with E-state index < -0.39 is 0 Å². The molecule has 0 N–H and O–H groups in total. The molecule has 1 unspecified atom stereocenters. The molecule has 0 amide bonds. The monoisotopic (exact) mass is 410 g/mol. The van der Waals surface area contributed by atoms with Gasteiger partial charge in [-0.3, -0.25) is 15.0 Å². The molecule has 3 aromatic heterocycles. The molecule has 0 fully saturated rings. The second-order valence-corrected chi connectivity index (χ2v) is 7.94. The van der Waals surface area contributed by atoms with E-state index in [1.807, 2.05) is 62.3 Å². The van der Waals surface area contributed by atoms with Crippen molar-refractivity contribution < 1.29 is 0 Å². The maximum Gasteiger partial charge on any atom is 0.210 e. The number of fused-ring (bicyclic) bond motifs is 1. The summed E-state index contributed by atoms with van der Waals surface area (Å²) < 4.78 is 0.469. The smallest absolute Gasteiger partial charge is 0.210 e. The molecule has 6 heteroatoms. The number of nitrogens with zero attached hydrogens (tertiary/aromatic N) is 5. The highest BCUT2D eigenvalue weighted by atomic mass is 32.1. The lowest BCUT2D eigenvalue weighted by Gasteiger charge is -2.25. The molecule has 0 spiro atoms. The van der Waals surface area contributed by atoms with Gasteiger partial charge in [0.05, 0.1) is 18.8 Å². The van der Waals surface area contributed by atoms with E-state index in [1.54, 1.807) is 0 Å². The average molecular weight is 411 g/mol. The Balaban J connectivity index is 1.64. The van der Waals surface area contributed by atoms with Crippen molar-refractivity contribution >= 4 is 35.1 Å². The Morgan fingerprint density at radius 3 is 2.43 bits per heavy atom. The molecule has 5 nitrogen and oxygen atoms in total. The van der Waals surface area contributed by atoms with Crippen LogP contribution in [0.15, 0.2) is 89.7 Å². The first-order valence-electron chi connectivity index (χ1n) is 9.64. The molecule has 30 heavy (non-hydrogen) atoms. The molecule has 0 radical (unpaired) electrons. The maximum atomic E-state index is 4.55. The summed E-state index contributed by atoms with van der Waals surface area (Å²) in [5, 5.41) is 1.82. The minimum Gasteiger partial charge on any atom is -0.265 e. The summed E-state index contributed by atoms with van der Waals surface area (Å²) in [5.41, 5.74) is 6.40. The largest absolute Gasteiger partial charge is 0.265 e. The molecule has 0 saturated heterocycles. The number of quaternary nitrogens is 1. The van der Waals surface area contributed by atoms with Crippen LogP contribution in [0.5, 0.6) is 0 Å². The number of rotatable bonds is 3. The van der Waals surface area contributed by atoms with Gasteiger partial charge in [-0.25, -0.2) is 4.48 Å². The van der Waals surface area contributed by atoms with E-state index in [0.29, 0.717) is 4.48 Å². The second kappa shape index (κ2) is 7.16. The van der Waals surface area contributed by atoms with Crippen LogP contribution in [0, 0.1) is 0 Å². The molecule has 1 aliphatic heterocycles. The SMILES string of the molecule is CC1=NC(S)=C[N+]1(C)c1cncc(-c2ccc3nccc(-c4ccncc4)c3c2)c1. The highest BCUT2D eigenvalue weighted by Crippen LogP contribution is 2.34. The minimum atomic E-state index is 0.469. The van der Waals surface area contributed by atoms with Gasteiger partial charge in [0.2, 0.25) is 5.84 Å². The Labute approximate surface area is 180 Å². The van der Waals surface area contributed by atoms with E-state index in [2.05, 4.69) is 63.9 Å². The lowest BCUT2D eigenvalue weighted by Crippen LogP contribution is -2.41. The van der Waals surface area contributed by atoms with Crippen LogP contribution in [-0.4, -0.2) is 27.8 Å². The first kappa shape index (κ1) is 18.7. The molecule has 0 aliphatic carbocycles. The fraction of sp³-hybridized carbons (Fsp3) is 0.0833. The summed E-state index contributed by atoms with van der Waals surface area (Å²) in [5.74, 6) is 0.960. The van der Waals surface area contributed by atoms with Crippen LogP contribution in [0.4, 0.5) is 5.69 Å². The van der Waals surface area contributed by atoms with Crippen molar-refractivity contribution in [1.82, 2.24) is 19.4 Å². The highest BCUT2D eigenvalue weighted by Gasteiger charge is 2.33. The molecule has 0 bridgehead atoms. The molecule has 4 heterocycles. The molecule has 4 aromatic rings. The second-order valence-electron chi connectivity index (χ2n) is 7.48. The summed E-state index contributed by atoms with van der Waals surface area (Å²) in [6.07, 6.45) is 11.3. The third kappa shape index (κ3) is 3.10. The summed E-state index contributed by atoms with van der Waals surface area (Å²) in [6.45, 7) is 2.01. The van der Waals surface area contributed by atoms with Crippen LogP contribution in [0.2, 0.25) is 0 Å². The molecule has 1 atom stereocenters. The first-order valence-corrected chi connectivity index (χ1v) is 10.1. The lowest BCUT2D eigenvalue weighted by molar-refractivity contribution is 0.659. The van der Waals surface area contributed by atoms with Gasteiger partial charge in [-0.1, -0.05) is 6.07 Å². The van der Waals surface area contributed by atoms with Crippen LogP contribution in [0.3, 0.4) is 0 Å². The van der Waals surface area contributed by atoms with Crippen molar-refractivity contribution in [3.63, 3.8) is 0 Å². The van der Waals surface area contributed by atoms with E-state index >= 15 is 0 Å². The number of hydrogen-bond donors (Lipinski definition) is 1. The molecular formula is C24H20N5S+. The number of amidine groups is 1. The quantitative estimate of drug-likeness (QED) is 0.361. The number of benzene rings is 1. The van der Waals surface area contributed by atoms with Crippen molar-refractivity contribution in [1.29, 1.82) is 0 Å². The van der Waals surface area contributed by atoms with E-state index in [1.165, 1.54) is 0 Å². The highest BCUT2D eigenvalue weighted by molar-refractivity contribution is 7.84. The Kier molecular flexibility index (Phi) is 4.46.